The van der Waals surface area contributed by atoms with Gasteiger partial charge in [-0.15, -0.1) is 0 Å². The third-order valence-electron chi connectivity index (χ3n) is 3.96. The number of nitrogens with zero attached hydrogens (tertiary/aromatic N) is 1. The van der Waals surface area contributed by atoms with Crippen molar-refractivity contribution < 1.29 is 5.11 Å². The van der Waals surface area contributed by atoms with Gasteiger partial charge >= 0.3 is 0 Å². The molecule has 1 aliphatic rings. The summed E-state index contributed by atoms with van der Waals surface area (Å²) < 4.78 is 0. The fraction of sp³-hybridized carbons (Fsp3) is 0.600. The van der Waals surface area contributed by atoms with Crippen molar-refractivity contribution in [2.45, 2.75) is 32.9 Å². The summed E-state index contributed by atoms with van der Waals surface area (Å²) in [6, 6.07) is 9.96. The predicted molar refractivity (Wildman–Crippen MR) is 70.5 cm³/mol. The van der Waals surface area contributed by atoms with Crippen LogP contribution in [0.15, 0.2) is 30.3 Å². The minimum absolute atomic E-state index is 0.427. The van der Waals surface area contributed by atoms with Crippen molar-refractivity contribution in [3.63, 3.8) is 0 Å². The monoisotopic (exact) mass is 233 g/mol. The molecule has 2 rings (SSSR count). The fourth-order valence-electron chi connectivity index (χ4n) is 2.67. The van der Waals surface area contributed by atoms with Crippen LogP contribution >= 0.6 is 0 Å². The third kappa shape index (κ3) is 3.08. The summed E-state index contributed by atoms with van der Waals surface area (Å²) in [7, 11) is 0. The van der Waals surface area contributed by atoms with Crippen LogP contribution in [0.2, 0.25) is 0 Å². The molecule has 1 fully saturated rings. The van der Waals surface area contributed by atoms with Gasteiger partial charge in [-0.2, -0.15) is 0 Å². The molecular weight excluding hydrogens is 210 g/mol. The van der Waals surface area contributed by atoms with E-state index in [0.717, 1.165) is 30.5 Å². The van der Waals surface area contributed by atoms with E-state index in [4.69, 9.17) is 0 Å². The van der Waals surface area contributed by atoms with Crippen molar-refractivity contribution in [1.29, 1.82) is 0 Å². The molecule has 2 nitrogen and oxygen atoms in total. The zero-order chi connectivity index (χ0) is 12.3. The van der Waals surface area contributed by atoms with Gasteiger partial charge in [-0.25, -0.2) is 0 Å². The lowest BCUT2D eigenvalue weighted by Crippen LogP contribution is -2.37. The third-order valence-corrected chi connectivity index (χ3v) is 3.96. The number of piperidine rings is 1. The Morgan fingerprint density at radius 2 is 1.71 bits per heavy atom. The Hall–Kier alpha value is -0.860. The molecule has 17 heavy (non-hydrogen) atoms. The highest BCUT2D eigenvalue weighted by molar-refractivity contribution is 5.17. The summed E-state index contributed by atoms with van der Waals surface area (Å²) in [6.07, 6.45) is 1.99. The molecule has 1 aromatic carbocycles. The molecular formula is C15H23NO. The van der Waals surface area contributed by atoms with Crippen LogP contribution in [0.25, 0.3) is 0 Å². The second kappa shape index (κ2) is 5.65. The number of likely N-dealkylation sites (tertiary alicyclic amines) is 1. The van der Waals surface area contributed by atoms with Gasteiger partial charge in [0.15, 0.2) is 0 Å². The van der Waals surface area contributed by atoms with Crippen molar-refractivity contribution >= 4 is 0 Å². The van der Waals surface area contributed by atoms with Crippen LogP contribution in [0.5, 0.6) is 0 Å². The minimum atomic E-state index is -0.427. The SMILES string of the molecule is CC(C)C1CCN(C(O)c2ccccc2)CC1. The lowest BCUT2D eigenvalue weighted by Gasteiger charge is -2.36. The Morgan fingerprint density at radius 3 is 2.24 bits per heavy atom. The lowest BCUT2D eigenvalue weighted by atomic mass is 9.86. The minimum Gasteiger partial charge on any atom is -0.374 e. The molecule has 1 aliphatic heterocycles. The maximum Gasteiger partial charge on any atom is 0.133 e. The molecule has 0 aromatic heterocycles. The number of benzene rings is 1. The van der Waals surface area contributed by atoms with Crippen molar-refractivity contribution in [3.05, 3.63) is 35.9 Å². The molecule has 1 atom stereocenters. The topological polar surface area (TPSA) is 23.5 Å². The van der Waals surface area contributed by atoms with Crippen LogP contribution in [-0.2, 0) is 0 Å². The van der Waals surface area contributed by atoms with E-state index in [2.05, 4.69) is 18.7 Å². The number of aliphatic hydroxyl groups is 1. The van der Waals surface area contributed by atoms with Crippen LogP contribution < -0.4 is 0 Å². The average Bonchev–Trinajstić information content (AvgIpc) is 2.39. The normalized spacial score (nSPS) is 20.7. The first-order valence-electron chi connectivity index (χ1n) is 6.65. The van der Waals surface area contributed by atoms with Gasteiger partial charge in [-0.1, -0.05) is 44.2 Å². The summed E-state index contributed by atoms with van der Waals surface area (Å²) in [6.45, 7) is 6.62. The quantitative estimate of drug-likeness (QED) is 0.867. The van der Waals surface area contributed by atoms with Gasteiger partial charge in [0.2, 0.25) is 0 Å². The second-order valence-electron chi connectivity index (χ2n) is 5.40. The predicted octanol–water partition coefficient (Wildman–Crippen LogP) is 3.05. The Balaban J connectivity index is 1.93. The fourth-order valence-corrected chi connectivity index (χ4v) is 2.67. The standard InChI is InChI=1S/C15H23NO/c1-12(2)13-8-10-16(11-9-13)15(17)14-6-4-3-5-7-14/h3-7,12-13,15,17H,8-11H2,1-2H3. The summed E-state index contributed by atoms with van der Waals surface area (Å²) in [4.78, 5) is 2.19. The summed E-state index contributed by atoms with van der Waals surface area (Å²) in [5, 5.41) is 10.3. The smallest absolute Gasteiger partial charge is 0.133 e. The molecule has 1 unspecified atom stereocenters. The van der Waals surface area contributed by atoms with Gasteiger partial charge in [0, 0.05) is 13.1 Å². The number of hydrogen-bond acceptors (Lipinski definition) is 2. The largest absolute Gasteiger partial charge is 0.374 e. The number of hydrogen-bond donors (Lipinski definition) is 1. The maximum atomic E-state index is 10.3. The van der Waals surface area contributed by atoms with Crippen LogP contribution in [0.1, 0.15) is 38.5 Å². The Morgan fingerprint density at radius 1 is 1.12 bits per heavy atom. The molecule has 0 saturated carbocycles. The summed E-state index contributed by atoms with van der Waals surface area (Å²) in [5.74, 6) is 1.60. The zero-order valence-corrected chi connectivity index (χ0v) is 10.8. The van der Waals surface area contributed by atoms with Crippen LogP contribution in [-0.4, -0.2) is 23.1 Å². The van der Waals surface area contributed by atoms with E-state index in [-0.39, 0.29) is 0 Å². The highest BCUT2D eigenvalue weighted by Gasteiger charge is 2.25. The molecule has 0 radical (unpaired) electrons. The average molecular weight is 233 g/mol. The zero-order valence-electron chi connectivity index (χ0n) is 10.8. The van der Waals surface area contributed by atoms with Gasteiger partial charge in [0.25, 0.3) is 0 Å². The molecule has 1 heterocycles. The molecule has 0 spiro atoms. The Bertz CT molecular complexity index is 328. The van der Waals surface area contributed by atoms with E-state index in [1.165, 1.54) is 12.8 Å². The molecule has 0 amide bonds. The number of rotatable bonds is 3. The molecule has 0 aliphatic carbocycles. The highest BCUT2D eigenvalue weighted by Crippen LogP contribution is 2.28. The Kier molecular flexibility index (Phi) is 4.19. The molecule has 1 N–H and O–H groups in total. The van der Waals surface area contributed by atoms with E-state index in [0.29, 0.717) is 0 Å². The van der Waals surface area contributed by atoms with E-state index in [9.17, 15) is 5.11 Å². The van der Waals surface area contributed by atoms with E-state index < -0.39 is 6.23 Å². The lowest BCUT2D eigenvalue weighted by molar-refractivity contribution is -0.0230. The van der Waals surface area contributed by atoms with Crippen LogP contribution in [0.4, 0.5) is 0 Å². The molecule has 2 heteroatoms. The second-order valence-corrected chi connectivity index (χ2v) is 5.40. The van der Waals surface area contributed by atoms with Crippen molar-refractivity contribution in [2.24, 2.45) is 11.8 Å². The van der Waals surface area contributed by atoms with Gasteiger partial charge in [-0.3, -0.25) is 4.90 Å². The number of aliphatic hydroxyl groups excluding tert-OH is 1. The van der Waals surface area contributed by atoms with Gasteiger partial charge in [0.05, 0.1) is 0 Å². The van der Waals surface area contributed by atoms with Crippen molar-refractivity contribution in [1.82, 2.24) is 4.90 Å². The van der Waals surface area contributed by atoms with E-state index >= 15 is 0 Å². The van der Waals surface area contributed by atoms with Crippen LogP contribution in [0.3, 0.4) is 0 Å². The molecule has 94 valence electrons. The van der Waals surface area contributed by atoms with Gasteiger partial charge in [-0.05, 0) is 30.2 Å². The first-order valence-corrected chi connectivity index (χ1v) is 6.65. The highest BCUT2D eigenvalue weighted by atomic mass is 16.3. The Labute approximate surface area is 104 Å². The molecule has 1 aromatic rings. The first-order chi connectivity index (χ1) is 8.18. The van der Waals surface area contributed by atoms with Crippen LogP contribution in [0, 0.1) is 11.8 Å². The molecule has 1 saturated heterocycles. The van der Waals surface area contributed by atoms with Crippen molar-refractivity contribution in [2.75, 3.05) is 13.1 Å². The van der Waals surface area contributed by atoms with Crippen molar-refractivity contribution in [3.8, 4) is 0 Å². The summed E-state index contributed by atoms with van der Waals surface area (Å²) >= 11 is 0. The van der Waals surface area contributed by atoms with Gasteiger partial charge < -0.3 is 5.11 Å². The summed E-state index contributed by atoms with van der Waals surface area (Å²) in [5.41, 5.74) is 1.01. The maximum absolute atomic E-state index is 10.3. The van der Waals surface area contributed by atoms with E-state index in [1.54, 1.807) is 0 Å². The molecule has 0 bridgehead atoms. The first kappa shape index (κ1) is 12.6. The van der Waals surface area contributed by atoms with Gasteiger partial charge in [0.1, 0.15) is 6.23 Å². The van der Waals surface area contributed by atoms with E-state index in [1.807, 2.05) is 30.3 Å².